The molecule has 17 heavy (non-hydrogen) atoms. The van der Waals surface area contributed by atoms with Gasteiger partial charge in [-0.15, -0.1) is 0 Å². The summed E-state index contributed by atoms with van der Waals surface area (Å²) < 4.78 is 5.30. The van der Waals surface area contributed by atoms with E-state index >= 15 is 0 Å². The first-order valence-corrected chi connectivity index (χ1v) is 5.74. The van der Waals surface area contributed by atoms with Gasteiger partial charge in [0, 0.05) is 13.6 Å². The number of carboxylic acid groups (broad SMARTS) is 1. The number of rotatable bonds is 7. The number of nitrogens with one attached hydrogen (secondary N) is 1. The molecule has 0 rings (SSSR count). The van der Waals surface area contributed by atoms with Gasteiger partial charge in [-0.1, -0.05) is 6.92 Å². The van der Waals surface area contributed by atoms with Crippen molar-refractivity contribution in [2.75, 3.05) is 20.2 Å². The average molecular weight is 246 g/mol. The van der Waals surface area contributed by atoms with Crippen LogP contribution in [0, 0.1) is 0 Å². The highest BCUT2D eigenvalue weighted by Gasteiger charge is 2.19. The van der Waals surface area contributed by atoms with Crippen molar-refractivity contribution in [3.05, 3.63) is 0 Å². The summed E-state index contributed by atoms with van der Waals surface area (Å²) in [5, 5.41) is 11.2. The van der Waals surface area contributed by atoms with Crippen LogP contribution in [0.25, 0.3) is 0 Å². The third kappa shape index (κ3) is 6.78. The Labute approximate surface area is 102 Å². The maximum absolute atomic E-state index is 11.6. The fourth-order valence-corrected chi connectivity index (χ4v) is 1.12. The van der Waals surface area contributed by atoms with Crippen LogP contribution in [-0.2, 0) is 9.53 Å². The number of urea groups is 1. The molecule has 0 unspecified atom stereocenters. The molecule has 0 saturated carbocycles. The summed E-state index contributed by atoms with van der Waals surface area (Å²) in [5.41, 5.74) is 0. The number of nitrogens with zero attached hydrogens (tertiary/aromatic N) is 1. The van der Waals surface area contributed by atoms with Crippen molar-refractivity contribution < 1.29 is 19.4 Å². The number of ether oxygens (including phenoxy) is 1. The molecule has 0 aromatic heterocycles. The van der Waals surface area contributed by atoms with Gasteiger partial charge in [0.1, 0.15) is 6.04 Å². The van der Waals surface area contributed by atoms with E-state index in [1.165, 1.54) is 4.90 Å². The SMILES string of the molecule is CC[C@H](NC(=O)N(C)CCOC(C)C)C(=O)O. The van der Waals surface area contributed by atoms with Crippen LogP contribution < -0.4 is 5.32 Å². The molecule has 0 heterocycles. The Morgan fingerprint density at radius 3 is 2.41 bits per heavy atom. The highest BCUT2D eigenvalue weighted by atomic mass is 16.5. The van der Waals surface area contributed by atoms with Crippen molar-refractivity contribution in [2.24, 2.45) is 0 Å². The third-order valence-corrected chi connectivity index (χ3v) is 2.23. The molecule has 0 aliphatic rings. The molecule has 2 N–H and O–H groups in total. The van der Waals surface area contributed by atoms with Gasteiger partial charge in [0.15, 0.2) is 0 Å². The molecule has 0 fully saturated rings. The molecule has 2 amide bonds. The van der Waals surface area contributed by atoms with Gasteiger partial charge in [0.05, 0.1) is 12.7 Å². The summed E-state index contributed by atoms with van der Waals surface area (Å²) in [4.78, 5) is 23.7. The van der Waals surface area contributed by atoms with Crippen molar-refractivity contribution in [3.63, 3.8) is 0 Å². The molecule has 0 aliphatic heterocycles. The van der Waals surface area contributed by atoms with Crippen molar-refractivity contribution in [1.82, 2.24) is 10.2 Å². The summed E-state index contributed by atoms with van der Waals surface area (Å²) in [6, 6.07) is -1.23. The number of hydrogen-bond acceptors (Lipinski definition) is 3. The van der Waals surface area contributed by atoms with Crippen LogP contribution in [0.15, 0.2) is 0 Å². The van der Waals surface area contributed by atoms with Crippen LogP contribution >= 0.6 is 0 Å². The fraction of sp³-hybridized carbons (Fsp3) is 0.818. The highest BCUT2D eigenvalue weighted by Crippen LogP contribution is 1.95. The number of hydrogen-bond donors (Lipinski definition) is 2. The second-order valence-corrected chi connectivity index (χ2v) is 4.09. The Balaban J connectivity index is 4.00. The van der Waals surface area contributed by atoms with E-state index in [4.69, 9.17) is 9.84 Å². The first-order valence-electron chi connectivity index (χ1n) is 5.74. The zero-order valence-corrected chi connectivity index (χ0v) is 10.9. The minimum Gasteiger partial charge on any atom is -0.480 e. The number of carbonyl (C=O) groups is 2. The molecule has 0 aromatic carbocycles. The molecule has 0 spiro atoms. The summed E-state index contributed by atoms with van der Waals surface area (Å²) in [7, 11) is 1.60. The minimum absolute atomic E-state index is 0.119. The molecular formula is C11H22N2O4. The molecule has 0 radical (unpaired) electrons. The lowest BCUT2D eigenvalue weighted by atomic mass is 10.2. The van der Waals surface area contributed by atoms with Gasteiger partial charge in [-0.2, -0.15) is 0 Å². The summed E-state index contributed by atoms with van der Waals surface area (Å²) in [6.07, 6.45) is 0.478. The zero-order chi connectivity index (χ0) is 13.4. The molecule has 100 valence electrons. The van der Waals surface area contributed by atoms with Crippen molar-refractivity contribution in [3.8, 4) is 0 Å². The molecule has 0 aliphatic carbocycles. The van der Waals surface area contributed by atoms with Crippen LogP contribution in [0.1, 0.15) is 27.2 Å². The van der Waals surface area contributed by atoms with Gasteiger partial charge in [-0.05, 0) is 20.3 Å². The van der Waals surface area contributed by atoms with Crippen LogP contribution in [0.2, 0.25) is 0 Å². The minimum atomic E-state index is -1.02. The lowest BCUT2D eigenvalue weighted by Crippen LogP contribution is -2.47. The topological polar surface area (TPSA) is 78.9 Å². The van der Waals surface area contributed by atoms with Gasteiger partial charge in [-0.3, -0.25) is 0 Å². The van der Waals surface area contributed by atoms with Gasteiger partial charge in [-0.25, -0.2) is 9.59 Å². The second-order valence-electron chi connectivity index (χ2n) is 4.09. The van der Waals surface area contributed by atoms with Gasteiger partial charge >= 0.3 is 12.0 Å². The van der Waals surface area contributed by atoms with Crippen LogP contribution in [0.3, 0.4) is 0 Å². The van der Waals surface area contributed by atoms with Gasteiger partial charge in [0.25, 0.3) is 0 Å². The van der Waals surface area contributed by atoms with Crippen LogP contribution in [0.5, 0.6) is 0 Å². The summed E-state index contributed by atoms with van der Waals surface area (Å²) in [6.45, 7) is 6.40. The predicted octanol–water partition coefficient (Wildman–Crippen LogP) is 0.916. The van der Waals surface area contributed by atoms with E-state index in [-0.39, 0.29) is 6.10 Å². The molecule has 6 nitrogen and oxygen atoms in total. The molecule has 1 atom stereocenters. The molecular weight excluding hydrogens is 224 g/mol. The van der Waals surface area contributed by atoms with E-state index in [1.54, 1.807) is 14.0 Å². The van der Waals surface area contributed by atoms with E-state index in [0.29, 0.717) is 19.6 Å². The van der Waals surface area contributed by atoms with Gasteiger partial charge in [0.2, 0.25) is 0 Å². The van der Waals surface area contributed by atoms with E-state index in [9.17, 15) is 9.59 Å². The normalized spacial score (nSPS) is 12.3. The van der Waals surface area contributed by atoms with Gasteiger partial charge < -0.3 is 20.1 Å². The lowest BCUT2D eigenvalue weighted by Gasteiger charge is -2.21. The predicted molar refractivity (Wildman–Crippen MR) is 64.0 cm³/mol. The van der Waals surface area contributed by atoms with Crippen LogP contribution in [-0.4, -0.2) is 54.4 Å². The first kappa shape index (κ1) is 15.7. The van der Waals surface area contributed by atoms with Crippen LogP contribution in [0.4, 0.5) is 4.79 Å². The maximum Gasteiger partial charge on any atom is 0.326 e. The van der Waals surface area contributed by atoms with E-state index < -0.39 is 18.0 Å². The van der Waals surface area contributed by atoms with E-state index in [1.807, 2.05) is 13.8 Å². The lowest BCUT2D eigenvalue weighted by molar-refractivity contribution is -0.139. The number of carbonyl (C=O) groups excluding carboxylic acids is 1. The number of carboxylic acids is 1. The van der Waals surface area contributed by atoms with E-state index in [2.05, 4.69) is 5.32 Å². The second kappa shape index (κ2) is 7.89. The number of aliphatic carboxylic acids is 1. The third-order valence-electron chi connectivity index (χ3n) is 2.23. The smallest absolute Gasteiger partial charge is 0.326 e. The largest absolute Gasteiger partial charge is 0.480 e. The maximum atomic E-state index is 11.6. The Kier molecular flexibility index (Phi) is 7.29. The van der Waals surface area contributed by atoms with Crippen molar-refractivity contribution in [2.45, 2.75) is 39.3 Å². The Morgan fingerprint density at radius 2 is 2.00 bits per heavy atom. The molecule has 6 heteroatoms. The quantitative estimate of drug-likeness (QED) is 0.700. The highest BCUT2D eigenvalue weighted by molar-refractivity contribution is 5.82. The van der Waals surface area contributed by atoms with Crippen molar-refractivity contribution in [1.29, 1.82) is 0 Å². The summed E-state index contributed by atoms with van der Waals surface area (Å²) >= 11 is 0. The number of amides is 2. The first-order chi connectivity index (χ1) is 7.88. The monoisotopic (exact) mass is 246 g/mol. The van der Waals surface area contributed by atoms with E-state index in [0.717, 1.165) is 0 Å². The fourth-order valence-electron chi connectivity index (χ4n) is 1.12. The average Bonchev–Trinajstić information content (AvgIpc) is 2.24. The van der Waals surface area contributed by atoms with Crippen molar-refractivity contribution >= 4 is 12.0 Å². The molecule has 0 aromatic rings. The standard InChI is InChI=1S/C11H22N2O4/c1-5-9(10(14)15)12-11(16)13(4)6-7-17-8(2)3/h8-9H,5-7H2,1-4H3,(H,12,16)(H,14,15)/t9-/m0/s1. The summed E-state index contributed by atoms with van der Waals surface area (Å²) in [5.74, 6) is -1.02. The zero-order valence-electron chi connectivity index (χ0n) is 10.9. The Hall–Kier alpha value is -1.30. The molecule has 0 bridgehead atoms. The Bertz CT molecular complexity index is 256. The number of likely N-dealkylation sites (N-methyl/N-ethyl adjacent to an activating group) is 1. The Morgan fingerprint density at radius 1 is 1.41 bits per heavy atom. The molecule has 0 saturated heterocycles.